The van der Waals surface area contributed by atoms with Gasteiger partial charge in [-0.15, -0.1) is 0 Å². The molecule has 2 heterocycles. The predicted molar refractivity (Wildman–Crippen MR) is 70.8 cm³/mol. The second-order valence-corrected chi connectivity index (χ2v) is 4.38. The summed E-state index contributed by atoms with van der Waals surface area (Å²) in [6.07, 6.45) is 0. The third-order valence-electron chi connectivity index (χ3n) is 3.12. The van der Waals surface area contributed by atoms with Crippen LogP contribution in [0.15, 0.2) is 6.07 Å². The molecule has 1 N–H and O–H groups in total. The summed E-state index contributed by atoms with van der Waals surface area (Å²) in [6.45, 7) is 9.14. The van der Waals surface area contributed by atoms with Crippen LogP contribution in [0.4, 0.5) is 11.6 Å². The Morgan fingerprint density at radius 3 is 2.71 bits per heavy atom. The Morgan fingerprint density at radius 1 is 1.35 bits per heavy atom. The lowest BCUT2D eigenvalue weighted by molar-refractivity contribution is 0.584. The van der Waals surface area contributed by atoms with Gasteiger partial charge in [-0.2, -0.15) is 0 Å². The Bertz CT molecular complexity index is 373. The van der Waals surface area contributed by atoms with Gasteiger partial charge in [-0.25, -0.2) is 9.97 Å². The molecule has 0 aromatic carbocycles. The van der Waals surface area contributed by atoms with E-state index in [1.807, 2.05) is 6.92 Å². The summed E-state index contributed by atoms with van der Waals surface area (Å²) in [5.41, 5.74) is 0. The van der Waals surface area contributed by atoms with Crippen molar-refractivity contribution in [2.45, 2.75) is 13.8 Å². The van der Waals surface area contributed by atoms with E-state index >= 15 is 0 Å². The maximum atomic E-state index is 4.53. The van der Waals surface area contributed by atoms with Crippen LogP contribution >= 0.6 is 0 Å². The van der Waals surface area contributed by atoms with Gasteiger partial charge in [0.15, 0.2) is 0 Å². The van der Waals surface area contributed by atoms with Crippen molar-refractivity contribution in [2.24, 2.45) is 0 Å². The molecule has 1 saturated heterocycles. The Morgan fingerprint density at radius 2 is 2.06 bits per heavy atom. The van der Waals surface area contributed by atoms with Crippen molar-refractivity contribution in [3.8, 4) is 0 Å². The predicted octanol–water partition coefficient (Wildman–Crippen LogP) is 0.651. The van der Waals surface area contributed by atoms with Crippen LogP contribution in [0.2, 0.25) is 0 Å². The van der Waals surface area contributed by atoms with Crippen LogP contribution < -0.4 is 15.1 Å². The van der Waals surface area contributed by atoms with Crippen molar-refractivity contribution in [1.82, 2.24) is 15.3 Å². The van der Waals surface area contributed by atoms with E-state index in [1.54, 1.807) is 0 Å². The molecular weight excluding hydrogens is 214 g/mol. The number of piperazine rings is 1. The molecule has 94 valence electrons. The summed E-state index contributed by atoms with van der Waals surface area (Å²) in [5, 5.41) is 3.35. The van der Waals surface area contributed by atoms with Gasteiger partial charge in [0.1, 0.15) is 17.5 Å². The van der Waals surface area contributed by atoms with Crippen molar-refractivity contribution < 1.29 is 0 Å². The number of aromatic nitrogens is 2. The van der Waals surface area contributed by atoms with E-state index in [2.05, 4.69) is 45.1 Å². The minimum Gasteiger partial charge on any atom is -0.360 e. The highest BCUT2D eigenvalue weighted by atomic mass is 15.3. The molecule has 2 rings (SSSR count). The van der Waals surface area contributed by atoms with Gasteiger partial charge in [0.25, 0.3) is 0 Å². The summed E-state index contributed by atoms with van der Waals surface area (Å²) in [4.78, 5) is 13.5. The van der Waals surface area contributed by atoms with Crippen molar-refractivity contribution >= 4 is 11.6 Å². The minimum atomic E-state index is 0.844. The van der Waals surface area contributed by atoms with Gasteiger partial charge in [0, 0.05) is 45.8 Å². The lowest BCUT2D eigenvalue weighted by atomic mass is 10.3. The fourth-order valence-corrected chi connectivity index (χ4v) is 1.95. The molecule has 0 spiro atoms. The fraction of sp³-hybridized carbons (Fsp3) is 0.667. The molecule has 0 atom stereocenters. The highest BCUT2D eigenvalue weighted by molar-refractivity contribution is 5.50. The second-order valence-electron chi connectivity index (χ2n) is 4.38. The Hall–Kier alpha value is -1.36. The van der Waals surface area contributed by atoms with Crippen molar-refractivity contribution in [2.75, 3.05) is 49.6 Å². The summed E-state index contributed by atoms with van der Waals surface area (Å²) < 4.78 is 0. The molecule has 17 heavy (non-hydrogen) atoms. The number of rotatable bonds is 3. The molecule has 1 aromatic rings. The quantitative estimate of drug-likeness (QED) is 0.833. The Kier molecular flexibility index (Phi) is 3.78. The molecular formula is C12H21N5. The first-order valence-electron chi connectivity index (χ1n) is 6.23. The smallest absolute Gasteiger partial charge is 0.134 e. The van der Waals surface area contributed by atoms with Gasteiger partial charge in [-0.3, -0.25) is 0 Å². The number of aryl methyl sites for hydroxylation is 1. The van der Waals surface area contributed by atoms with E-state index in [9.17, 15) is 0 Å². The monoisotopic (exact) mass is 235 g/mol. The van der Waals surface area contributed by atoms with Crippen LogP contribution in [0.5, 0.6) is 0 Å². The molecule has 1 aliphatic rings. The highest BCUT2D eigenvalue weighted by Crippen LogP contribution is 2.18. The van der Waals surface area contributed by atoms with E-state index in [1.165, 1.54) is 0 Å². The molecule has 0 aliphatic carbocycles. The fourth-order valence-electron chi connectivity index (χ4n) is 1.95. The first kappa shape index (κ1) is 12.1. The van der Waals surface area contributed by atoms with Crippen LogP contribution in [-0.4, -0.2) is 49.7 Å². The largest absolute Gasteiger partial charge is 0.360 e. The maximum absolute atomic E-state index is 4.53. The van der Waals surface area contributed by atoms with E-state index in [0.717, 1.165) is 50.2 Å². The van der Waals surface area contributed by atoms with E-state index in [0.29, 0.717) is 0 Å². The van der Waals surface area contributed by atoms with E-state index in [-0.39, 0.29) is 0 Å². The second kappa shape index (κ2) is 5.31. The SMILES string of the molecule is CCN(C)c1cc(N2CCNCC2)nc(C)n1. The Balaban J connectivity index is 2.24. The standard InChI is InChI=1S/C12H21N5/c1-4-16(3)11-9-12(15-10(2)14-11)17-7-5-13-6-8-17/h9,13H,4-8H2,1-3H3. The van der Waals surface area contributed by atoms with Gasteiger partial charge in [0.2, 0.25) is 0 Å². The number of hydrogen-bond donors (Lipinski definition) is 1. The molecule has 1 fully saturated rings. The number of nitrogens with zero attached hydrogens (tertiary/aromatic N) is 4. The third kappa shape index (κ3) is 2.85. The van der Waals surface area contributed by atoms with Crippen molar-refractivity contribution in [1.29, 1.82) is 0 Å². The van der Waals surface area contributed by atoms with Crippen LogP contribution in [0.1, 0.15) is 12.7 Å². The van der Waals surface area contributed by atoms with Gasteiger partial charge < -0.3 is 15.1 Å². The number of nitrogens with one attached hydrogen (secondary N) is 1. The van der Waals surface area contributed by atoms with Gasteiger partial charge >= 0.3 is 0 Å². The molecule has 5 heteroatoms. The zero-order valence-electron chi connectivity index (χ0n) is 10.9. The van der Waals surface area contributed by atoms with Crippen molar-refractivity contribution in [3.63, 3.8) is 0 Å². The third-order valence-corrected chi connectivity index (χ3v) is 3.12. The minimum absolute atomic E-state index is 0.844. The average molecular weight is 235 g/mol. The van der Waals surface area contributed by atoms with Crippen LogP contribution in [0.3, 0.4) is 0 Å². The van der Waals surface area contributed by atoms with Crippen molar-refractivity contribution in [3.05, 3.63) is 11.9 Å². The van der Waals surface area contributed by atoms with Gasteiger partial charge in [-0.1, -0.05) is 0 Å². The summed E-state index contributed by atoms with van der Waals surface area (Å²) in [6, 6.07) is 2.09. The average Bonchev–Trinajstić information content (AvgIpc) is 2.38. The highest BCUT2D eigenvalue weighted by Gasteiger charge is 2.14. The zero-order valence-corrected chi connectivity index (χ0v) is 10.9. The first-order valence-corrected chi connectivity index (χ1v) is 6.23. The molecule has 0 unspecified atom stereocenters. The van der Waals surface area contributed by atoms with E-state index < -0.39 is 0 Å². The molecule has 0 saturated carbocycles. The lowest BCUT2D eigenvalue weighted by Gasteiger charge is -2.29. The molecule has 0 radical (unpaired) electrons. The van der Waals surface area contributed by atoms with Crippen LogP contribution in [0, 0.1) is 6.92 Å². The van der Waals surface area contributed by atoms with E-state index in [4.69, 9.17) is 0 Å². The molecule has 0 amide bonds. The molecule has 0 bridgehead atoms. The summed E-state index contributed by atoms with van der Waals surface area (Å²) in [7, 11) is 2.06. The Labute approximate surface area is 103 Å². The van der Waals surface area contributed by atoms with Gasteiger partial charge in [-0.05, 0) is 13.8 Å². The van der Waals surface area contributed by atoms with Gasteiger partial charge in [0.05, 0.1) is 0 Å². The van der Waals surface area contributed by atoms with Crippen LogP contribution in [-0.2, 0) is 0 Å². The number of anilines is 2. The molecule has 1 aromatic heterocycles. The lowest BCUT2D eigenvalue weighted by Crippen LogP contribution is -2.44. The zero-order chi connectivity index (χ0) is 12.3. The number of hydrogen-bond acceptors (Lipinski definition) is 5. The topological polar surface area (TPSA) is 44.3 Å². The molecule has 5 nitrogen and oxygen atoms in total. The summed E-state index contributed by atoms with van der Waals surface area (Å²) in [5.74, 6) is 2.90. The first-order chi connectivity index (χ1) is 8.20. The summed E-state index contributed by atoms with van der Waals surface area (Å²) >= 11 is 0. The van der Waals surface area contributed by atoms with Crippen LogP contribution in [0.25, 0.3) is 0 Å². The molecule has 1 aliphatic heterocycles. The maximum Gasteiger partial charge on any atom is 0.134 e. The normalized spacial score (nSPS) is 16.1.